The zero-order chi connectivity index (χ0) is 14.0. The van der Waals surface area contributed by atoms with E-state index in [1.807, 2.05) is 38.1 Å². The van der Waals surface area contributed by atoms with Crippen LogP contribution < -0.4 is 5.32 Å². The number of carbonyl (C=O) groups excluding carboxylic acids is 1. The molecule has 0 atom stereocenters. The van der Waals surface area contributed by atoms with Crippen LogP contribution in [0.3, 0.4) is 0 Å². The molecule has 0 aliphatic heterocycles. The minimum atomic E-state index is -0.0186. The quantitative estimate of drug-likeness (QED) is 0.859. The molecule has 2 rings (SSSR count). The van der Waals surface area contributed by atoms with E-state index in [0.29, 0.717) is 5.92 Å². The smallest absolute Gasteiger partial charge is 0.256 e. The average molecular weight is 273 g/mol. The molecule has 2 aromatic rings. The van der Waals surface area contributed by atoms with E-state index in [9.17, 15) is 4.79 Å². The summed E-state index contributed by atoms with van der Waals surface area (Å²) < 4.78 is 0. The number of thiophene rings is 1. The van der Waals surface area contributed by atoms with Crippen molar-refractivity contribution in [1.82, 2.24) is 0 Å². The van der Waals surface area contributed by atoms with Crippen molar-refractivity contribution >= 4 is 22.9 Å². The lowest BCUT2D eigenvalue weighted by molar-refractivity contribution is 0.102. The van der Waals surface area contributed by atoms with Crippen molar-refractivity contribution < 1.29 is 4.79 Å². The zero-order valence-corrected chi connectivity index (χ0v) is 12.6. The highest BCUT2D eigenvalue weighted by Gasteiger charge is 2.14. The van der Waals surface area contributed by atoms with Crippen LogP contribution in [0, 0.1) is 13.8 Å². The van der Waals surface area contributed by atoms with Gasteiger partial charge in [-0.15, -0.1) is 11.3 Å². The number of carbonyl (C=O) groups is 1. The molecule has 0 spiro atoms. The predicted molar refractivity (Wildman–Crippen MR) is 82.3 cm³/mol. The highest BCUT2D eigenvalue weighted by Crippen LogP contribution is 2.26. The molecule has 100 valence electrons. The first-order valence-corrected chi connectivity index (χ1v) is 7.28. The molecule has 19 heavy (non-hydrogen) atoms. The van der Waals surface area contributed by atoms with E-state index in [4.69, 9.17) is 0 Å². The molecule has 0 fully saturated rings. The minimum absolute atomic E-state index is 0.0186. The Balaban J connectivity index is 2.27. The third-order valence-electron chi connectivity index (χ3n) is 3.12. The van der Waals surface area contributed by atoms with Crippen LogP contribution in [-0.2, 0) is 0 Å². The van der Waals surface area contributed by atoms with Crippen LogP contribution in [-0.4, -0.2) is 5.91 Å². The molecule has 1 aromatic heterocycles. The Kier molecular flexibility index (Phi) is 4.05. The Morgan fingerprint density at radius 1 is 1.21 bits per heavy atom. The SMILES string of the molecule is Cc1cc(C(=O)Nc2ccccc2C(C)C)c(C)s1. The molecule has 3 heteroatoms. The first kappa shape index (κ1) is 13.8. The van der Waals surface area contributed by atoms with Gasteiger partial charge in [0.15, 0.2) is 0 Å². The van der Waals surface area contributed by atoms with Gasteiger partial charge in [0, 0.05) is 15.4 Å². The Morgan fingerprint density at radius 2 is 1.89 bits per heavy atom. The average Bonchev–Trinajstić information content (AvgIpc) is 2.69. The Bertz CT molecular complexity index is 599. The number of anilines is 1. The standard InChI is InChI=1S/C16H19NOS/c1-10(2)13-7-5-6-8-15(13)17-16(18)14-9-11(3)19-12(14)4/h5-10H,1-4H3,(H,17,18). The molecule has 0 aliphatic carbocycles. The molecule has 0 saturated heterocycles. The number of benzene rings is 1. The van der Waals surface area contributed by atoms with Crippen LogP contribution in [0.4, 0.5) is 5.69 Å². The van der Waals surface area contributed by atoms with Gasteiger partial charge >= 0.3 is 0 Å². The van der Waals surface area contributed by atoms with E-state index < -0.39 is 0 Å². The fourth-order valence-corrected chi connectivity index (χ4v) is 3.08. The lowest BCUT2D eigenvalue weighted by atomic mass is 10.0. The van der Waals surface area contributed by atoms with Crippen molar-refractivity contribution in [2.45, 2.75) is 33.6 Å². The normalized spacial score (nSPS) is 10.8. The summed E-state index contributed by atoms with van der Waals surface area (Å²) in [4.78, 5) is 14.6. The van der Waals surface area contributed by atoms with Gasteiger partial charge in [-0.25, -0.2) is 0 Å². The minimum Gasteiger partial charge on any atom is -0.322 e. The van der Waals surface area contributed by atoms with Gasteiger partial charge in [0.2, 0.25) is 0 Å². The van der Waals surface area contributed by atoms with Crippen molar-refractivity contribution in [1.29, 1.82) is 0 Å². The Labute approximate surface area is 118 Å². The Hall–Kier alpha value is -1.61. The maximum absolute atomic E-state index is 12.3. The van der Waals surface area contributed by atoms with Gasteiger partial charge in [0.25, 0.3) is 5.91 Å². The molecular weight excluding hydrogens is 254 g/mol. The number of hydrogen-bond acceptors (Lipinski definition) is 2. The van der Waals surface area contributed by atoms with Gasteiger partial charge in [0.05, 0.1) is 5.56 Å². The second-order valence-corrected chi connectivity index (χ2v) is 6.48. The van der Waals surface area contributed by atoms with Crippen LogP contribution >= 0.6 is 11.3 Å². The fraction of sp³-hybridized carbons (Fsp3) is 0.312. The van der Waals surface area contributed by atoms with E-state index in [0.717, 1.165) is 16.1 Å². The lowest BCUT2D eigenvalue weighted by Crippen LogP contribution is -2.13. The van der Waals surface area contributed by atoms with Crippen LogP contribution in [0.15, 0.2) is 30.3 Å². The monoisotopic (exact) mass is 273 g/mol. The van der Waals surface area contributed by atoms with E-state index in [-0.39, 0.29) is 5.91 Å². The number of amides is 1. The first-order chi connectivity index (χ1) is 8.99. The number of nitrogens with one attached hydrogen (secondary N) is 1. The summed E-state index contributed by atoms with van der Waals surface area (Å²) in [7, 11) is 0. The van der Waals surface area contributed by atoms with Crippen LogP contribution in [0.5, 0.6) is 0 Å². The van der Waals surface area contributed by atoms with Crippen molar-refractivity contribution in [2.75, 3.05) is 5.32 Å². The number of hydrogen-bond donors (Lipinski definition) is 1. The van der Waals surface area contributed by atoms with E-state index in [2.05, 4.69) is 25.2 Å². The molecule has 2 nitrogen and oxygen atoms in total. The molecule has 0 unspecified atom stereocenters. The molecule has 1 N–H and O–H groups in total. The summed E-state index contributed by atoms with van der Waals surface area (Å²) in [5.41, 5.74) is 2.85. The largest absolute Gasteiger partial charge is 0.322 e. The van der Waals surface area contributed by atoms with Crippen molar-refractivity contribution in [2.24, 2.45) is 0 Å². The van der Waals surface area contributed by atoms with Crippen LogP contribution in [0.1, 0.15) is 45.4 Å². The summed E-state index contributed by atoms with van der Waals surface area (Å²) in [6.45, 7) is 8.27. The summed E-state index contributed by atoms with van der Waals surface area (Å²) in [6.07, 6.45) is 0. The molecule has 1 amide bonds. The summed E-state index contributed by atoms with van der Waals surface area (Å²) in [5, 5.41) is 3.03. The Morgan fingerprint density at radius 3 is 2.47 bits per heavy atom. The maximum Gasteiger partial charge on any atom is 0.256 e. The molecular formula is C16H19NOS. The molecule has 0 bridgehead atoms. The van der Waals surface area contributed by atoms with Crippen molar-refractivity contribution in [3.8, 4) is 0 Å². The van der Waals surface area contributed by atoms with Gasteiger partial charge in [-0.1, -0.05) is 32.0 Å². The van der Waals surface area contributed by atoms with Crippen molar-refractivity contribution in [3.63, 3.8) is 0 Å². The molecule has 0 saturated carbocycles. The maximum atomic E-state index is 12.3. The molecule has 1 heterocycles. The second kappa shape index (κ2) is 5.57. The molecule has 1 aromatic carbocycles. The molecule has 0 radical (unpaired) electrons. The highest BCUT2D eigenvalue weighted by atomic mass is 32.1. The number of aryl methyl sites for hydroxylation is 2. The topological polar surface area (TPSA) is 29.1 Å². The number of rotatable bonds is 3. The van der Waals surface area contributed by atoms with Crippen molar-refractivity contribution in [3.05, 3.63) is 51.2 Å². The lowest BCUT2D eigenvalue weighted by Gasteiger charge is -2.13. The third-order valence-corrected chi connectivity index (χ3v) is 4.08. The van der Waals surface area contributed by atoms with Gasteiger partial charge in [-0.3, -0.25) is 4.79 Å². The fourth-order valence-electron chi connectivity index (χ4n) is 2.16. The van der Waals surface area contributed by atoms with Gasteiger partial charge in [-0.2, -0.15) is 0 Å². The first-order valence-electron chi connectivity index (χ1n) is 6.46. The summed E-state index contributed by atoms with van der Waals surface area (Å²) in [6, 6.07) is 9.93. The predicted octanol–water partition coefficient (Wildman–Crippen LogP) is 4.74. The van der Waals surface area contributed by atoms with E-state index >= 15 is 0 Å². The van der Waals surface area contributed by atoms with Gasteiger partial charge in [0.1, 0.15) is 0 Å². The second-order valence-electron chi connectivity index (χ2n) is 5.02. The van der Waals surface area contributed by atoms with Crippen LogP contribution in [0.25, 0.3) is 0 Å². The number of para-hydroxylation sites is 1. The van der Waals surface area contributed by atoms with Crippen LogP contribution in [0.2, 0.25) is 0 Å². The zero-order valence-electron chi connectivity index (χ0n) is 11.8. The highest BCUT2D eigenvalue weighted by molar-refractivity contribution is 7.12. The summed E-state index contributed by atoms with van der Waals surface area (Å²) >= 11 is 1.66. The van der Waals surface area contributed by atoms with Gasteiger partial charge < -0.3 is 5.32 Å². The molecule has 0 aliphatic rings. The van der Waals surface area contributed by atoms with Gasteiger partial charge in [-0.05, 0) is 37.5 Å². The van der Waals surface area contributed by atoms with E-state index in [1.165, 1.54) is 10.4 Å². The van der Waals surface area contributed by atoms with E-state index in [1.54, 1.807) is 11.3 Å². The summed E-state index contributed by atoms with van der Waals surface area (Å²) in [5.74, 6) is 0.372. The third kappa shape index (κ3) is 3.04.